The Kier molecular flexibility index (Phi) is 2.14. The molecule has 2 rings (SSSR count). The number of hydrogen-bond donors (Lipinski definition) is 0. The molecule has 0 aliphatic heterocycles. The van der Waals surface area contributed by atoms with Crippen LogP contribution in [0.5, 0.6) is 0 Å². The van der Waals surface area contributed by atoms with Crippen LogP contribution in [0.25, 0.3) is 11.4 Å². The SMILES string of the molecule is Cc1cnc(-c2cnc(F)nc2)nc1. The lowest BCUT2D eigenvalue weighted by Crippen LogP contribution is -1.93. The Hall–Kier alpha value is -1.91. The molecule has 0 aliphatic rings. The first-order valence-electron chi connectivity index (χ1n) is 4.02. The van der Waals surface area contributed by atoms with Crippen molar-refractivity contribution in [1.82, 2.24) is 19.9 Å². The molecule has 0 unspecified atom stereocenters. The van der Waals surface area contributed by atoms with Gasteiger partial charge >= 0.3 is 6.08 Å². The molecule has 0 spiro atoms. The van der Waals surface area contributed by atoms with Gasteiger partial charge in [0.25, 0.3) is 0 Å². The minimum Gasteiger partial charge on any atom is -0.236 e. The minimum atomic E-state index is -0.749. The molecular formula is C9H7FN4. The predicted octanol–water partition coefficient (Wildman–Crippen LogP) is 1.38. The summed E-state index contributed by atoms with van der Waals surface area (Å²) in [5, 5.41) is 0. The Labute approximate surface area is 79.9 Å². The zero-order valence-corrected chi connectivity index (χ0v) is 7.48. The highest BCUT2D eigenvalue weighted by molar-refractivity contribution is 5.50. The molecule has 0 atom stereocenters. The fourth-order valence-electron chi connectivity index (χ4n) is 0.969. The Morgan fingerprint density at radius 3 is 2.07 bits per heavy atom. The second kappa shape index (κ2) is 3.45. The number of halogens is 1. The number of rotatable bonds is 1. The Morgan fingerprint density at radius 1 is 0.929 bits per heavy atom. The van der Waals surface area contributed by atoms with Crippen molar-refractivity contribution < 1.29 is 4.39 Å². The zero-order valence-electron chi connectivity index (χ0n) is 7.48. The summed E-state index contributed by atoms with van der Waals surface area (Å²) in [5.41, 5.74) is 1.57. The lowest BCUT2D eigenvalue weighted by molar-refractivity contribution is 0.539. The molecule has 0 bridgehead atoms. The average molecular weight is 190 g/mol. The lowest BCUT2D eigenvalue weighted by Gasteiger charge is -1.98. The van der Waals surface area contributed by atoms with E-state index >= 15 is 0 Å². The van der Waals surface area contributed by atoms with Crippen molar-refractivity contribution in [3.05, 3.63) is 36.4 Å². The molecule has 0 aliphatic carbocycles. The fourth-order valence-corrected chi connectivity index (χ4v) is 0.969. The monoisotopic (exact) mass is 190 g/mol. The fraction of sp³-hybridized carbons (Fsp3) is 0.111. The summed E-state index contributed by atoms with van der Waals surface area (Å²) in [7, 11) is 0. The molecule has 4 nitrogen and oxygen atoms in total. The van der Waals surface area contributed by atoms with Crippen molar-refractivity contribution in [2.45, 2.75) is 6.92 Å². The molecule has 5 heteroatoms. The van der Waals surface area contributed by atoms with Crippen LogP contribution in [-0.2, 0) is 0 Å². The summed E-state index contributed by atoms with van der Waals surface area (Å²) >= 11 is 0. The summed E-state index contributed by atoms with van der Waals surface area (Å²) in [6.07, 6.45) is 5.33. The number of aromatic nitrogens is 4. The molecule has 0 saturated carbocycles. The van der Waals surface area contributed by atoms with E-state index in [0.29, 0.717) is 11.4 Å². The second-order valence-corrected chi connectivity index (χ2v) is 2.82. The van der Waals surface area contributed by atoms with Gasteiger partial charge in [-0.15, -0.1) is 0 Å². The molecular weight excluding hydrogens is 183 g/mol. The van der Waals surface area contributed by atoms with Crippen LogP contribution in [0.4, 0.5) is 4.39 Å². The first kappa shape index (κ1) is 8.68. The molecule has 14 heavy (non-hydrogen) atoms. The maximum absolute atomic E-state index is 12.4. The van der Waals surface area contributed by atoms with Gasteiger partial charge < -0.3 is 0 Å². The molecule has 0 radical (unpaired) electrons. The predicted molar refractivity (Wildman–Crippen MR) is 47.8 cm³/mol. The van der Waals surface area contributed by atoms with Crippen molar-refractivity contribution in [2.75, 3.05) is 0 Å². The quantitative estimate of drug-likeness (QED) is 0.637. The Morgan fingerprint density at radius 2 is 1.50 bits per heavy atom. The van der Waals surface area contributed by atoms with Crippen LogP contribution in [0.15, 0.2) is 24.8 Å². The zero-order chi connectivity index (χ0) is 9.97. The van der Waals surface area contributed by atoms with Crippen molar-refractivity contribution in [1.29, 1.82) is 0 Å². The summed E-state index contributed by atoms with van der Waals surface area (Å²) in [5.74, 6) is 0.496. The Balaban J connectivity index is 2.40. The first-order chi connectivity index (χ1) is 6.75. The van der Waals surface area contributed by atoms with Gasteiger partial charge in [0.05, 0.1) is 5.56 Å². The van der Waals surface area contributed by atoms with E-state index in [1.807, 2.05) is 6.92 Å². The van der Waals surface area contributed by atoms with Crippen LogP contribution in [-0.4, -0.2) is 19.9 Å². The van der Waals surface area contributed by atoms with Crippen LogP contribution in [0.3, 0.4) is 0 Å². The van der Waals surface area contributed by atoms with Gasteiger partial charge in [0, 0.05) is 24.8 Å². The van der Waals surface area contributed by atoms with E-state index in [-0.39, 0.29) is 0 Å². The second-order valence-electron chi connectivity index (χ2n) is 2.82. The minimum absolute atomic E-state index is 0.496. The lowest BCUT2D eigenvalue weighted by atomic mass is 10.3. The van der Waals surface area contributed by atoms with Crippen molar-refractivity contribution >= 4 is 0 Å². The van der Waals surface area contributed by atoms with E-state index in [1.54, 1.807) is 12.4 Å². The number of aryl methyl sites for hydroxylation is 1. The van der Waals surface area contributed by atoms with E-state index in [4.69, 9.17) is 0 Å². The maximum Gasteiger partial charge on any atom is 0.308 e. The summed E-state index contributed by atoms with van der Waals surface area (Å²) in [6, 6.07) is 0. The summed E-state index contributed by atoms with van der Waals surface area (Å²) in [4.78, 5) is 15.0. The molecule has 70 valence electrons. The third-order valence-corrected chi connectivity index (χ3v) is 1.66. The number of hydrogen-bond acceptors (Lipinski definition) is 4. The average Bonchev–Trinajstić information content (AvgIpc) is 2.21. The molecule has 0 amide bonds. The summed E-state index contributed by atoms with van der Waals surface area (Å²) in [6.45, 7) is 1.89. The molecule has 2 aromatic rings. The van der Waals surface area contributed by atoms with E-state index in [1.165, 1.54) is 12.4 Å². The largest absolute Gasteiger partial charge is 0.308 e. The van der Waals surface area contributed by atoms with E-state index < -0.39 is 6.08 Å². The molecule has 0 aromatic carbocycles. The molecule has 2 aromatic heterocycles. The highest BCUT2D eigenvalue weighted by atomic mass is 19.1. The van der Waals surface area contributed by atoms with Crippen LogP contribution in [0.1, 0.15) is 5.56 Å². The van der Waals surface area contributed by atoms with Crippen molar-refractivity contribution in [3.8, 4) is 11.4 Å². The standard InChI is InChI=1S/C9H7FN4/c1-6-2-11-8(12-3-6)7-4-13-9(10)14-5-7/h2-5H,1H3. The van der Waals surface area contributed by atoms with Crippen LogP contribution in [0.2, 0.25) is 0 Å². The van der Waals surface area contributed by atoms with Crippen LogP contribution >= 0.6 is 0 Å². The van der Waals surface area contributed by atoms with Gasteiger partial charge in [-0.05, 0) is 12.5 Å². The van der Waals surface area contributed by atoms with Gasteiger partial charge in [0.1, 0.15) is 0 Å². The van der Waals surface area contributed by atoms with Crippen molar-refractivity contribution in [3.63, 3.8) is 0 Å². The smallest absolute Gasteiger partial charge is 0.236 e. The normalized spacial score (nSPS) is 10.1. The highest BCUT2D eigenvalue weighted by Gasteiger charge is 2.01. The molecule has 0 N–H and O–H groups in total. The van der Waals surface area contributed by atoms with Crippen molar-refractivity contribution in [2.24, 2.45) is 0 Å². The number of nitrogens with zero attached hydrogens (tertiary/aromatic N) is 4. The van der Waals surface area contributed by atoms with Gasteiger partial charge in [-0.1, -0.05) is 0 Å². The Bertz CT molecular complexity index is 380. The highest BCUT2D eigenvalue weighted by Crippen LogP contribution is 2.10. The van der Waals surface area contributed by atoms with Gasteiger partial charge in [-0.25, -0.2) is 19.9 Å². The van der Waals surface area contributed by atoms with E-state index in [0.717, 1.165) is 5.56 Å². The van der Waals surface area contributed by atoms with Crippen LogP contribution in [0, 0.1) is 13.0 Å². The first-order valence-corrected chi connectivity index (χ1v) is 4.02. The molecule has 2 heterocycles. The van der Waals surface area contributed by atoms with Gasteiger partial charge in [0.2, 0.25) is 0 Å². The van der Waals surface area contributed by atoms with Gasteiger partial charge in [0.15, 0.2) is 5.82 Å². The third-order valence-electron chi connectivity index (χ3n) is 1.66. The van der Waals surface area contributed by atoms with Gasteiger partial charge in [-0.2, -0.15) is 4.39 Å². The molecule has 0 saturated heterocycles. The third kappa shape index (κ3) is 1.71. The van der Waals surface area contributed by atoms with Crippen LogP contribution < -0.4 is 0 Å². The van der Waals surface area contributed by atoms with Gasteiger partial charge in [-0.3, -0.25) is 0 Å². The topological polar surface area (TPSA) is 51.6 Å². The maximum atomic E-state index is 12.4. The van der Waals surface area contributed by atoms with E-state index in [2.05, 4.69) is 19.9 Å². The summed E-state index contributed by atoms with van der Waals surface area (Å²) < 4.78 is 12.4. The van der Waals surface area contributed by atoms with E-state index in [9.17, 15) is 4.39 Å². The molecule has 0 fully saturated rings.